The van der Waals surface area contributed by atoms with E-state index in [4.69, 9.17) is 15.5 Å². The van der Waals surface area contributed by atoms with E-state index in [9.17, 15) is 4.79 Å². The number of ether oxygens (including phenoxy) is 2. The summed E-state index contributed by atoms with van der Waals surface area (Å²) >= 11 is 6.97. The molecule has 0 radical (unpaired) electrons. The molecule has 3 aromatic rings. The van der Waals surface area contributed by atoms with Crippen LogP contribution >= 0.6 is 39.5 Å². The zero-order chi connectivity index (χ0) is 24.2. The van der Waals surface area contributed by atoms with E-state index < -0.39 is 0 Å². The summed E-state index contributed by atoms with van der Waals surface area (Å²) in [7, 11) is 0. The summed E-state index contributed by atoms with van der Waals surface area (Å²) in [6.07, 6.45) is 2.55. The summed E-state index contributed by atoms with van der Waals surface area (Å²) in [6, 6.07) is 4.17. The van der Waals surface area contributed by atoms with Gasteiger partial charge >= 0.3 is 5.97 Å². The Hall–Kier alpha value is -1.98. The summed E-state index contributed by atoms with van der Waals surface area (Å²) in [4.78, 5) is 25.4. The lowest BCUT2D eigenvalue weighted by Crippen LogP contribution is -2.19. The van der Waals surface area contributed by atoms with Gasteiger partial charge in [0.1, 0.15) is 18.0 Å². The Bertz CT molecular complexity index is 1150. The van der Waals surface area contributed by atoms with Gasteiger partial charge in [-0.2, -0.15) is 0 Å². The highest BCUT2D eigenvalue weighted by Crippen LogP contribution is 2.44. The topological polar surface area (TPSA) is 105 Å². The highest BCUT2D eigenvalue weighted by Gasteiger charge is 2.24. The van der Waals surface area contributed by atoms with Crippen LogP contribution in [0.4, 0.5) is 5.82 Å². The van der Waals surface area contributed by atoms with Gasteiger partial charge in [-0.25, -0.2) is 15.0 Å². The Balaban J connectivity index is 0.000000454. The van der Waals surface area contributed by atoms with Crippen molar-refractivity contribution in [3.8, 4) is 5.75 Å². The molecule has 0 saturated carbocycles. The molecule has 0 unspecified atom stereocenters. The van der Waals surface area contributed by atoms with E-state index in [0.29, 0.717) is 23.9 Å². The zero-order valence-corrected chi connectivity index (χ0v) is 22.6. The molecule has 2 N–H and O–H groups in total. The van der Waals surface area contributed by atoms with Crippen molar-refractivity contribution >= 4 is 62.4 Å². The van der Waals surface area contributed by atoms with Crippen LogP contribution in [-0.2, 0) is 16.1 Å². The van der Waals surface area contributed by atoms with E-state index in [-0.39, 0.29) is 11.4 Å². The van der Waals surface area contributed by atoms with Crippen molar-refractivity contribution in [3.05, 3.63) is 22.9 Å². The number of fused-ring (bicyclic) bond motifs is 2. The van der Waals surface area contributed by atoms with E-state index in [2.05, 4.69) is 68.1 Å². The number of halogens is 1. The van der Waals surface area contributed by atoms with Crippen LogP contribution in [0.3, 0.4) is 0 Å². The molecule has 3 heterocycles. The molecule has 0 fully saturated rings. The van der Waals surface area contributed by atoms with E-state index in [1.54, 1.807) is 30.4 Å². The largest absolute Gasteiger partial charge is 0.481 e. The quantitative estimate of drug-likeness (QED) is 0.380. The minimum Gasteiger partial charge on any atom is -0.481 e. The van der Waals surface area contributed by atoms with E-state index in [1.165, 1.54) is 13.3 Å². The number of rotatable bonds is 6. The number of nitrogen functional groups attached to an aromatic ring is 1. The first kappa shape index (κ1) is 25.6. The molecule has 11 heteroatoms. The van der Waals surface area contributed by atoms with Gasteiger partial charge in [0.05, 0.1) is 11.5 Å². The summed E-state index contributed by atoms with van der Waals surface area (Å²) in [6.45, 7) is 11.1. The lowest BCUT2D eigenvalue weighted by atomic mass is 9.90. The monoisotopic (exact) mass is 553 g/mol. The van der Waals surface area contributed by atoms with E-state index in [1.807, 2.05) is 0 Å². The number of esters is 1. The molecule has 1 aliphatic rings. The number of hydrogen-bond acceptors (Lipinski definition) is 9. The number of carbonyl (C=O) groups excluding carboxylic acids is 1. The maximum absolute atomic E-state index is 9.82. The Morgan fingerprint density at radius 1 is 1.36 bits per heavy atom. The van der Waals surface area contributed by atoms with Crippen LogP contribution in [0.25, 0.3) is 11.2 Å². The number of carbonyl (C=O) groups is 1. The average molecular weight is 555 g/mol. The summed E-state index contributed by atoms with van der Waals surface area (Å²) in [5.41, 5.74) is 7.60. The van der Waals surface area contributed by atoms with Crippen molar-refractivity contribution in [2.75, 3.05) is 18.3 Å². The first-order valence-electron chi connectivity index (χ1n) is 10.5. The number of nitrogens with zero attached hydrogens (tertiary/aromatic N) is 4. The molecule has 0 saturated heterocycles. The van der Waals surface area contributed by atoms with Crippen LogP contribution in [-0.4, -0.2) is 38.0 Å². The Kier molecular flexibility index (Phi) is 8.52. The molecule has 1 aliphatic heterocycles. The van der Waals surface area contributed by atoms with Gasteiger partial charge in [-0.1, -0.05) is 44.3 Å². The maximum atomic E-state index is 9.82. The van der Waals surface area contributed by atoms with Crippen LogP contribution in [0.5, 0.6) is 5.75 Å². The highest BCUT2D eigenvalue weighted by atomic mass is 79.9. The molecule has 4 rings (SSSR count). The number of hydrogen-bond donors (Lipinski definition) is 1. The number of aromatic nitrogens is 4. The molecule has 1 aromatic carbocycles. The Morgan fingerprint density at radius 3 is 2.76 bits per heavy atom. The molecule has 0 atom stereocenters. The van der Waals surface area contributed by atoms with Gasteiger partial charge < -0.3 is 19.8 Å². The van der Waals surface area contributed by atoms with Gasteiger partial charge in [0.15, 0.2) is 22.1 Å². The second-order valence-electron chi connectivity index (χ2n) is 8.09. The van der Waals surface area contributed by atoms with Crippen molar-refractivity contribution in [3.63, 3.8) is 0 Å². The molecule has 33 heavy (non-hydrogen) atoms. The van der Waals surface area contributed by atoms with Crippen LogP contribution in [0.15, 0.2) is 37.9 Å². The minimum atomic E-state index is -0.211. The van der Waals surface area contributed by atoms with Crippen LogP contribution in [0, 0.1) is 5.41 Å². The SMILES string of the molecule is CCC(C)(C)Cn1c(Sc2cc3c(cc2Br)SCO3)nc2c(N)ncnc21.CCOC(C)=O. The number of imidazole rings is 1. The molecule has 2 aromatic heterocycles. The number of nitrogens with two attached hydrogens (primary N) is 1. The second-order valence-corrected chi connectivity index (χ2v) is 10.9. The van der Waals surface area contributed by atoms with Gasteiger partial charge in [-0.15, -0.1) is 0 Å². The van der Waals surface area contributed by atoms with Gasteiger partial charge in [-0.3, -0.25) is 4.79 Å². The molecule has 0 aliphatic carbocycles. The lowest BCUT2D eigenvalue weighted by molar-refractivity contribution is -0.140. The van der Waals surface area contributed by atoms with Crippen molar-refractivity contribution < 1.29 is 14.3 Å². The third-order valence-corrected chi connectivity index (χ3v) is 7.88. The third kappa shape index (κ3) is 6.33. The predicted octanol–water partition coefficient (Wildman–Crippen LogP) is 5.77. The zero-order valence-electron chi connectivity index (χ0n) is 19.3. The summed E-state index contributed by atoms with van der Waals surface area (Å²) in [5, 5.41) is 0.852. The molecule has 0 amide bonds. The normalized spacial score (nSPS) is 12.7. The number of benzene rings is 1. The summed E-state index contributed by atoms with van der Waals surface area (Å²) in [5.74, 6) is 1.77. The maximum Gasteiger partial charge on any atom is 0.302 e. The van der Waals surface area contributed by atoms with Crippen LogP contribution in [0.2, 0.25) is 0 Å². The molecule has 0 bridgehead atoms. The first-order valence-corrected chi connectivity index (χ1v) is 13.1. The molecular weight excluding hydrogens is 526 g/mol. The van der Waals surface area contributed by atoms with Gasteiger partial charge in [-0.05, 0) is 46.8 Å². The minimum absolute atomic E-state index is 0.109. The number of thioether (sulfide) groups is 1. The van der Waals surface area contributed by atoms with Gasteiger partial charge in [0, 0.05) is 22.8 Å². The number of anilines is 1. The van der Waals surface area contributed by atoms with E-state index >= 15 is 0 Å². The lowest BCUT2D eigenvalue weighted by Gasteiger charge is -2.24. The first-order chi connectivity index (χ1) is 15.6. The fourth-order valence-corrected chi connectivity index (χ4v) is 5.40. The molecular formula is C22H28BrN5O3S2. The van der Waals surface area contributed by atoms with Crippen LogP contribution in [0.1, 0.15) is 41.0 Å². The second kappa shape index (κ2) is 11.0. The standard InChI is InChI=1S/C18H20BrN5OS2.C4H8O2/c1-4-18(2,3)7-24-16-14(15(20)21-8-22-16)23-17(24)27-12-6-11-13(5-10(12)19)26-9-25-11;1-3-6-4(2)5/h5-6,8H,4,7,9H2,1-3H3,(H2,20,21,22);3H2,1-2H3. The van der Waals surface area contributed by atoms with Gasteiger partial charge in [0.25, 0.3) is 0 Å². The fraction of sp³-hybridized carbons (Fsp3) is 0.455. The highest BCUT2D eigenvalue weighted by molar-refractivity contribution is 9.10. The summed E-state index contributed by atoms with van der Waals surface area (Å²) < 4.78 is 13.3. The molecule has 8 nitrogen and oxygen atoms in total. The Morgan fingerprint density at radius 2 is 2.12 bits per heavy atom. The Labute approximate surface area is 210 Å². The predicted molar refractivity (Wildman–Crippen MR) is 136 cm³/mol. The fourth-order valence-electron chi connectivity index (χ4n) is 2.97. The van der Waals surface area contributed by atoms with Gasteiger partial charge in [0.2, 0.25) is 0 Å². The van der Waals surface area contributed by atoms with Crippen LogP contribution < -0.4 is 10.5 Å². The van der Waals surface area contributed by atoms with E-state index in [0.717, 1.165) is 43.8 Å². The molecule has 178 valence electrons. The van der Waals surface area contributed by atoms with Crippen molar-refractivity contribution in [2.45, 2.75) is 62.5 Å². The van der Waals surface area contributed by atoms with Crippen molar-refractivity contribution in [1.29, 1.82) is 0 Å². The molecule has 0 spiro atoms. The smallest absolute Gasteiger partial charge is 0.302 e. The van der Waals surface area contributed by atoms with Crippen molar-refractivity contribution in [1.82, 2.24) is 19.5 Å². The van der Waals surface area contributed by atoms with Crippen molar-refractivity contribution in [2.24, 2.45) is 5.41 Å². The third-order valence-electron chi connectivity index (χ3n) is 5.04. The average Bonchev–Trinajstić information content (AvgIpc) is 3.34.